The first-order valence-electron chi connectivity index (χ1n) is 8.64. The molecule has 0 radical (unpaired) electrons. The number of rotatable bonds is 6. The molecule has 2 N–H and O–H groups in total. The van der Waals surface area contributed by atoms with Gasteiger partial charge in [-0.25, -0.2) is 0 Å². The Hall–Kier alpha value is -1.99. The third-order valence-corrected chi connectivity index (χ3v) is 4.65. The van der Waals surface area contributed by atoms with Gasteiger partial charge in [0, 0.05) is 37.0 Å². The first-order valence-corrected chi connectivity index (χ1v) is 8.64. The van der Waals surface area contributed by atoms with Crippen molar-refractivity contribution in [2.24, 2.45) is 5.41 Å². The lowest BCUT2D eigenvalue weighted by atomic mass is 9.94. The van der Waals surface area contributed by atoms with E-state index >= 15 is 0 Å². The van der Waals surface area contributed by atoms with Gasteiger partial charge in [0.1, 0.15) is 6.61 Å². The second-order valence-corrected chi connectivity index (χ2v) is 7.54. The van der Waals surface area contributed by atoms with Crippen molar-refractivity contribution in [2.45, 2.75) is 44.9 Å². The maximum Gasteiger partial charge on any atom is 0.251 e. The zero-order chi connectivity index (χ0) is 18.0. The fraction of sp³-hybridized carbons (Fsp3) is 0.611. The smallest absolute Gasteiger partial charge is 0.251 e. The zero-order valence-corrected chi connectivity index (χ0v) is 14.6. The van der Waals surface area contributed by atoms with E-state index in [4.69, 9.17) is 4.74 Å². The second-order valence-electron chi connectivity index (χ2n) is 7.54. The molecule has 1 saturated heterocycles. The normalized spacial score (nSPS) is 24.3. The van der Waals surface area contributed by atoms with E-state index in [-0.39, 0.29) is 31.1 Å². The van der Waals surface area contributed by atoms with Gasteiger partial charge in [-0.1, -0.05) is 19.9 Å². The first kappa shape index (κ1) is 17.8. The van der Waals surface area contributed by atoms with Crippen molar-refractivity contribution in [3.63, 3.8) is 0 Å². The fourth-order valence-corrected chi connectivity index (χ4v) is 3.00. The minimum absolute atomic E-state index is 0.0302. The molecule has 2 aliphatic rings. The van der Waals surface area contributed by atoms with E-state index in [1.165, 1.54) is 0 Å². The Balaban J connectivity index is 1.83. The van der Waals surface area contributed by atoms with E-state index < -0.39 is 17.6 Å². The summed E-state index contributed by atoms with van der Waals surface area (Å²) in [6.07, 6.45) is 4.47. The Labute approximate surface area is 147 Å². The molecule has 25 heavy (non-hydrogen) atoms. The number of hydrogen-bond acceptors (Lipinski definition) is 5. The quantitative estimate of drug-likeness (QED) is 0.788. The average Bonchev–Trinajstić information content (AvgIpc) is 3.45. The number of morpholine rings is 1. The Morgan fingerprint density at radius 2 is 2.24 bits per heavy atom. The molecule has 2 fully saturated rings. The van der Waals surface area contributed by atoms with E-state index in [0.717, 1.165) is 18.4 Å². The SMILES string of the molecule is CC(C)(CO)CNC(=O)[C@H]1OCC(=O)N(C2CC2)[C@@H]1c1cccnc1. The number of aromatic nitrogens is 1. The van der Waals surface area contributed by atoms with Crippen LogP contribution in [0.2, 0.25) is 0 Å². The summed E-state index contributed by atoms with van der Waals surface area (Å²) in [7, 11) is 0. The molecular formula is C18H25N3O4. The summed E-state index contributed by atoms with van der Waals surface area (Å²) in [6.45, 7) is 3.95. The van der Waals surface area contributed by atoms with Gasteiger partial charge in [-0.05, 0) is 24.5 Å². The van der Waals surface area contributed by atoms with Crippen LogP contribution in [0.25, 0.3) is 0 Å². The maximum atomic E-state index is 12.8. The van der Waals surface area contributed by atoms with Gasteiger partial charge in [0.05, 0.1) is 6.04 Å². The van der Waals surface area contributed by atoms with Crippen LogP contribution < -0.4 is 5.32 Å². The monoisotopic (exact) mass is 347 g/mol. The minimum atomic E-state index is -0.781. The molecular weight excluding hydrogens is 322 g/mol. The molecule has 0 bridgehead atoms. The molecule has 1 aliphatic heterocycles. The molecule has 3 rings (SSSR count). The molecule has 1 aromatic heterocycles. The standard InChI is InChI=1S/C18H25N3O4/c1-18(2,11-22)10-20-17(24)16-15(12-4-3-7-19-8-12)21(13-5-6-13)14(23)9-25-16/h3-4,7-8,13,15-16,22H,5-6,9-11H2,1-2H3,(H,20,24)/t15-,16+/m1/s1. The molecule has 1 aromatic rings. The van der Waals surface area contributed by atoms with Gasteiger partial charge in [-0.3, -0.25) is 14.6 Å². The Kier molecular flexibility index (Phi) is 5.06. The number of nitrogens with zero attached hydrogens (tertiary/aromatic N) is 2. The number of amides is 2. The van der Waals surface area contributed by atoms with Crippen LogP contribution in [-0.2, 0) is 14.3 Å². The minimum Gasteiger partial charge on any atom is -0.396 e. The highest BCUT2D eigenvalue weighted by molar-refractivity contribution is 5.86. The molecule has 7 heteroatoms. The van der Waals surface area contributed by atoms with Crippen LogP contribution in [0.5, 0.6) is 0 Å². The highest BCUT2D eigenvalue weighted by Crippen LogP contribution is 2.39. The summed E-state index contributed by atoms with van der Waals surface area (Å²) < 4.78 is 5.63. The van der Waals surface area contributed by atoms with Gasteiger partial charge in [-0.15, -0.1) is 0 Å². The molecule has 0 aromatic carbocycles. The van der Waals surface area contributed by atoms with Gasteiger partial charge in [0.2, 0.25) is 5.91 Å². The van der Waals surface area contributed by atoms with E-state index in [9.17, 15) is 14.7 Å². The zero-order valence-electron chi connectivity index (χ0n) is 14.6. The summed E-state index contributed by atoms with van der Waals surface area (Å²) >= 11 is 0. The summed E-state index contributed by atoms with van der Waals surface area (Å²) in [5.41, 5.74) is 0.379. The van der Waals surface area contributed by atoms with Crippen molar-refractivity contribution in [1.82, 2.24) is 15.2 Å². The van der Waals surface area contributed by atoms with Crippen LogP contribution in [-0.4, -0.2) is 58.7 Å². The van der Waals surface area contributed by atoms with Crippen molar-refractivity contribution in [2.75, 3.05) is 19.8 Å². The third-order valence-electron chi connectivity index (χ3n) is 4.65. The maximum absolute atomic E-state index is 12.8. The van der Waals surface area contributed by atoms with Crippen molar-refractivity contribution in [3.05, 3.63) is 30.1 Å². The van der Waals surface area contributed by atoms with Gasteiger partial charge < -0.3 is 20.1 Å². The molecule has 1 saturated carbocycles. The molecule has 7 nitrogen and oxygen atoms in total. The predicted octanol–water partition coefficient (Wildman–Crippen LogP) is 0.647. The Morgan fingerprint density at radius 3 is 2.84 bits per heavy atom. The fourth-order valence-electron chi connectivity index (χ4n) is 3.00. The lowest BCUT2D eigenvalue weighted by Crippen LogP contribution is -2.55. The van der Waals surface area contributed by atoms with Crippen molar-refractivity contribution >= 4 is 11.8 Å². The molecule has 2 heterocycles. The van der Waals surface area contributed by atoms with Gasteiger partial charge in [0.25, 0.3) is 5.91 Å². The molecule has 0 spiro atoms. The van der Waals surface area contributed by atoms with E-state index in [0.29, 0.717) is 6.54 Å². The number of nitrogens with one attached hydrogen (secondary N) is 1. The first-order chi connectivity index (χ1) is 11.9. The number of ether oxygens (including phenoxy) is 1. The predicted molar refractivity (Wildman–Crippen MR) is 90.5 cm³/mol. The topological polar surface area (TPSA) is 91.8 Å². The van der Waals surface area contributed by atoms with E-state index in [1.807, 2.05) is 19.9 Å². The van der Waals surface area contributed by atoms with Crippen molar-refractivity contribution < 1.29 is 19.4 Å². The van der Waals surface area contributed by atoms with E-state index in [2.05, 4.69) is 10.3 Å². The molecule has 2 atom stereocenters. The molecule has 136 valence electrons. The number of hydrogen-bond donors (Lipinski definition) is 2. The number of carbonyl (C=O) groups is 2. The summed E-state index contributed by atoms with van der Waals surface area (Å²) in [5, 5.41) is 12.2. The van der Waals surface area contributed by atoms with Crippen LogP contribution in [0.4, 0.5) is 0 Å². The van der Waals surface area contributed by atoms with Gasteiger partial charge in [-0.2, -0.15) is 0 Å². The van der Waals surface area contributed by atoms with Crippen LogP contribution in [0.15, 0.2) is 24.5 Å². The third kappa shape index (κ3) is 3.99. The molecule has 2 amide bonds. The summed E-state index contributed by atoms with van der Waals surface area (Å²) in [4.78, 5) is 31.1. The number of pyridine rings is 1. The number of aliphatic hydroxyl groups is 1. The highest BCUT2D eigenvalue weighted by Gasteiger charge is 2.47. The lowest BCUT2D eigenvalue weighted by Gasteiger charge is -2.41. The van der Waals surface area contributed by atoms with Crippen LogP contribution >= 0.6 is 0 Å². The Bertz CT molecular complexity index is 630. The van der Waals surface area contributed by atoms with Crippen molar-refractivity contribution in [1.29, 1.82) is 0 Å². The highest BCUT2D eigenvalue weighted by atomic mass is 16.5. The van der Waals surface area contributed by atoms with Crippen LogP contribution in [0.3, 0.4) is 0 Å². The number of aliphatic hydroxyl groups excluding tert-OH is 1. The Morgan fingerprint density at radius 1 is 1.48 bits per heavy atom. The van der Waals surface area contributed by atoms with Crippen molar-refractivity contribution in [3.8, 4) is 0 Å². The number of carbonyl (C=O) groups excluding carboxylic acids is 2. The molecule has 1 aliphatic carbocycles. The summed E-state index contributed by atoms with van der Waals surface area (Å²) in [5.74, 6) is -0.357. The van der Waals surface area contributed by atoms with Gasteiger partial charge in [0.15, 0.2) is 6.10 Å². The summed E-state index contributed by atoms with van der Waals surface area (Å²) in [6, 6.07) is 3.36. The largest absolute Gasteiger partial charge is 0.396 e. The van der Waals surface area contributed by atoms with E-state index in [1.54, 1.807) is 23.4 Å². The second kappa shape index (κ2) is 7.09. The molecule has 0 unspecified atom stereocenters. The van der Waals surface area contributed by atoms with Crippen LogP contribution in [0.1, 0.15) is 38.3 Å². The lowest BCUT2D eigenvalue weighted by molar-refractivity contribution is -0.165. The van der Waals surface area contributed by atoms with Gasteiger partial charge >= 0.3 is 0 Å². The average molecular weight is 347 g/mol. The van der Waals surface area contributed by atoms with Crippen LogP contribution in [0, 0.1) is 5.41 Å².